The average Bonchev–Trinajstić information content (AvgIpc) is 2.90. The smallest absolute Gasteiger partial charge is 0.232 e. The molecule has 0 unspecified atom stereocenters. The van der Waals surface area contributed by atoms with Crippen molar-refractivity contribution in [3.05, 3.63) is 48.8 Å². The van der Waals surface area contributed by atoms with Crippen molar-refractivity contribution < 1.29 is 13.2 Å². The fraction of sp³-hybridized carbons (Fsp3) is 0.400. The zero-order chi connectivity index (χ0) is 26.4. The molecule has 0 atom stereocenters. The highest BCUT2D eigenvalue weighted by Crippen LogP contribution is 2.32. The van der Waals surface area contributed by atoms with Crippen molar-refractivity contribution >= 4 is 38.8 Å². The maximum atomic E-state index is 12.8. The Bertz CT molecular complexity index is 1310. The van der Waals surface area contributed by atoms with Gasteiger partial charge >= 0.3 is 0 Å². The third kappa shape index (κ3) is 6.27. The highest BCUT2D eigenvalue weighted by molar-refractivity contribution is 7.92. The largest absolute Gasteiger partial charge is 0.494 e. The molecule has 0 aliphatic carbocycles. The molecule has 1 saturated heterocycles. The molecule has 0 amide bonds. The van der Waals surface area contributed by atoms with Crippen LogP contribution in [-0.4, -0.2) is 79.9 Å². The second-order valence-corrected chi connectivity index (χ2v) is 11.4. The van der Waals surface area contributed by atoms with E-state index in [2.05, 4.69) is 35.4 Å². The number of rotatable bonds is 10. The summed E-state index contributed by atoms with van der Waals surface area (Å²) in [5.74, 6) is 1.17. The number of piperazine rings is 1. The lowest BCUT2D eigenvalue weighted by molar-refractivity contribution is 0.265. The van der Waals surface area contributed by atoms with Gasteiger partial charge in [-0.1, -0.05) is 12.1 Å². The van der Waals surface area contributed by atoms with Crippen molar-refractivity contribution in [2.24, 2.45) is 5.73 Å². The molecule has 0 bridgehead atoms. The molecule has 0 saturated carbocycles. The number of nitrogens with one attached hydrogen (secondary N) is 2. The van der Waals surface area contributed by atoms with E-state index in [0.717, 1.165) is 38.4 Å². The van der Waals surface area contributed by atoms with Crippen molar-refractivity contribution in [1.29, 1.82) is 0 Å². The molecular formula is C25H34N8O3S. The van der Waals surface area contributed by atoms with Gasteiger partial charge in [0.25, 0.3) is 0 Å². The second kappa shape index (κ2) is 11.7. The molecule has 11 nitrogen and oxygen atoms in total. The zero-order valence-corrected chi connectivity index (χ0v) is 22.2. The van der Waals surface area contributed by atoms with Gasteiger partial charge < -0.3 is 26.0 Å². The number of nitrogens with zero attached hydrogens (tertiary/aromatic N) is 5. The summed E-state index contributed by atoms with van der Waals surface area (Å²) in [5.41, 5.74) is 7.87. The molecule has 4 N–H and O–H groups in total. The molecule has 2 aromatic carbocycles. The fourth-order valence-electron chi connectivity index (χ4n) is 4.12. The lowest BCUT2D eigenvalue weighted by Crippen LogP contribution is -2.47. The number of aromatic nitrogens is 3. The molecule has 3 aromatic rings. The quantitative estimate of drug-likeness (QED) is 0.359. The summed E-state index contributed by atoms with van der Waals surface area (Å²) in [7, 11) is -1.87. The number of hydrogen-bond donors (Lipinski definition) is 3. The van der Waals surface area contributed by atoms with Crippen molar-refractivity contribution in [2.45, 2.75) is 24.0 Å². The predicted molar refractivity (Wildman–Crippen MR) is 146 cm³/mol. The Balaban J connectivity index is 1.50. The van der Waals surface area contributed by atoms with Crippen molar-refractivity contribution in [2.75, 3.05) is 61.9 Å². The highest BCUT2D eigenvalue weighted by Gasteiger charge is 2.23. The number of benzene rings is 2. The molecule has 1 aliphatic heterocycles. The summed E-state index contributed by atoms with van der Waals surface area (Å²) >= 11 is 0. The maximum absolute atomic E-state index is 12.8. The number of ether oxygens (including phenoxy) is 1. The second-order valence-electron chi connectivity index (χ2n) is 8.97. The van der Waals surface area contributed by atoms with Crippen LogP contribution in [0.25, 0.3) is 0 Å². The van der Waals surface area contributed by atoms with Gasteiger partial charge in [0, 0.05) is 51.0 Å². The van der Waals surface area contributed by atoms with Gasteiger partial charge in [-0.05, 0) is 38.1 Å². The lowest BCUT2D eigenvalue weighted by Gasteiger charge is -2.36. The summed E-state index contributed by atoms with van der Waals surface area (Å²) in [6.45, 7) is 8.69. The zero-order valence-electron chi connectivity index (χ0n) is 21.4. The Hall–Kier alpha value is -3.48. The van der Waals surface area contributed by atoms with E-state index in [1.54, 1.807) is 45.2 Å². The molecule has 1 aromatic heterocycles. The van der Waals surface area contributed by atoms with Crippen LogP contribution in [0, 0.1) is 0 Å². The van der Waals surface area contributed by atoms with Gasteiger partial charge in [0.1, 0.15) is 12.1 Å². The first-order valence-corrected chi connectivity index (χ1v) is 13.8. The van der Waals surface area contributed by atoms with E-state index in [1.165, 1.54) is 6.33 Å². The number of para-hydroxylation sites is 1. The monoisotopic (exact) mass is 526 g/mol. The van der Waals surface area contributed by atoms with E-state index in [9.17, 15) is 8.42 Å². The number of nitrogens with two attached hydrogens (primary N) is 1. The fourth-order valence-corrected chi connectivity index (χ4v) is 5.32. The van der Waals surface area contributed by atoms with Crippen LogP contribution in [0.3, 0.4) is 0 Å². The van der Waals surface area contributed by atoms with E-state index in [0.29, 0.717) is 29.6 Å². The van der Waals surface area contributed by atoms with Crippen LogP contribution in [0.15, 0.2) is 53.7 Å². The lowest BCUT2D eigenvalue weighted by atomic mass is 10.2. The Morgan fingerprint density at radius 1 is 1.00 bits per heavy atom. The molecular weight excluding hydrogens is 492 g/mol. The standard InChI is InChI=1S/C25H34N8O3S/c1-18(2)37(34,35)23-7-5-4-6-21(23)30-25-28-17-27-24(31-25)29-20-9-8-19(16-22(20)36-3)33-14-12-32(11-10-26)13-15-33/h4-9,16-18H,10-15,26H2,1-3H3,(H2,27,28,29,30,31). The van der Waals surface area contributed by atoms with Crippen LogP contribution in [0.1, 0.15) is 13.8 Å². The van der Waals surface area contributed by atoms with Crippen LogP contribution in [0.5, 0.6) is 5.75 Å². The summed E-state index contributed by atoms with van der Waals surface area (Å²) in [4.78, 5) is 17.7. The molecule has 2 heterocycles. The minimum absolute atomic E-state index is 0.195. The number of hydrogen-bond acceptors (Lipinski definition) is 11. The van der Waals surface area contributed by atoms with Crippen LogP contribution >= 0.6 is 0 Å². The van der Waals surface area contributed by atoms with Gasteiger partial charge in [0.2, 0.25) is 11.9 Å². The van der Waals surface area contributed by atoms with Gasteiger partial charge in [-0.25, -0.2) is 18.4 Å². The Kier molecular flexibility index (Phi) is 8.41. The summed E-state index contributed by atoms with van der Waals surface area (Å²) < 4.78 is 31.2. The summed E-state index contributed by atoms with van der Waals surface area (Å²) in [6.07, 6.45) is 1.36. The molecule has 4 rings (SSSR count). The summed E-state index contributed by atoms with van der Waals surface area (Å²) in [6, 6.07) is 12.7. The molecule has 1 fully saturated rings. The minimum Gasteiger partial charge on any atom is -0.494 e. The van der Waals surface area contributed by atoms with Crippen LogP contribution in [0.4, 0.5) is 29.0 Å². The Morgan fingerprint density at radius 3 is 2.32 bits per heavy atom. The summed E-state index contributed by atoms with van der Waals surface area (Å²) in [5, 5.41) is 5.64. The maximum Gasteiger partial charge on any atom is 0.232 e. The van der Waals surface area contributed by atoms with E-state index in [1.807, 2.05) is 18.2 Å². The van der Waals surface area contributed by atoms with Gasteiger partial charge in [-0.15, -0.1) is 0 Å². The minimum atomic E-state index is -3.49. The molecule has 0 radical (unpaired) electrons. The van der Waals surface area contributed by atoms with Crippen LogP contribution < -0.4 is 26.0 Å². The highest BCUT2D eigenvalue weighted by atomic mass is 32.2. The van der Waals surface area contributed by atoms with Crippen LogP contribution in [0.2, 0.25) is 0 Å². The first kappa shape index (κ1) is 26.6. The molecule has 37 heavy (non-hydrogen) atoms. The van der Waals surface area contributed by atoms with Crippen molar-refractivity contribution in [3.8, 4) is 5.75 Å². The van der Waals surface area contributed by atoms with Crippen molar-refractivity contribution in [3.63, 3.8) is 0 Å². The van der Waals surface area contributed by atoms with Crippen LogP contribution in [-0.2, 0) is 9.84 Å². The normalized spacial score (nSPS) is 14.6. The first-order valence-electron chi connectivity index (χ1n) is 12.2. The average molecular weight is 527 g/mol. The number of sulfone groups is 1. The number of methoxy groups -OCH3 is 1. The Labute approximate surface area is 218 Å². The molecule has 0 spiro atoms. The van der Waals surface area contributed by atoms with E-state index < -0.39 is 15.1 Å². The third-order valence-electron chi connectivity index (χ3n) is 6.25. The van der Waals surface area contributed by atoms with Gasteiger partial charge in [-0.2, -0.15) is 4.98 Å². The first-order chi connectivity index (χ1) is 17.8. The van der Waals surface area contributed by atoms with E-state index in [4.69, 9.17) is 10.5 Å². The predicted octanol–water partition coefficient (Wildman–Crippen LogP) is 2.63. The number of anilines is 5. The van der Waals surface area contributed by atoms with E-state index >= 15 is 0 Å². The SMILES string of the molecule is COc1cc(N2CCN(CCN)CC2)ccc1Nc1ncnc(Nc2ccccc2S(=O)(=O)C(C)C)n1. The molecule has 198 valence electrons. The van der Waals surface area contributed by atoms with Gasteiger partial charge in [0.15, 0.2) is 9.84 Å². The Morgan fingerprint density at radius 2 is 1.68 bits per heavy atom. The van der Waals surface area contributed by atoms with E-state index in [-0.39, 0.29) is 10.8 Å². The molecule has 1 aliphatic rings. The topological polar surface area (TPSA) is 139 Å². The van der Waals surface area contributed by atoms with Crippen molar-refractivity contribution in [1.82, 2.24) is 19.9 Å². The molecule has 12 heteroatoms. The van der Waals surface area contributed by atoms with Gasteiger partial charge in [0.05, 0.1) is 28.6 Å². The third-order valence-corrected chi connectivity index (χ3v) is 8.46. The van der Waals surface area contributed by atoms with Gasteiger partial charge in [-0.3, -0.25) is 4.90 Å².